The Morgan fingerprint density at radius 1 is 0.528 bits per heavy atom. The molecule has 0 atom stereocenters. The number of furan rings is 1. The van der Waals surface area contributed by atoms with Crippen molar-refractivity contribution in [3.05, 3.63) is 115 Å². The quantitative estimate of drug-likeness (QED) is 0.260. The van der Waals surface area contributed by atoms with Crippen LogP contribution in [0.1, 0.15) is 0 Å². The van der Waals surface area contributed by atoms with Gasteiger partial charge in [-0.15, -0.1) is 0 Å². The van der Waals surface area contributed by atoms with Crippen molar-refractivity contribution in [1.82, 2.24) is 14.5 Å². The monoisotopic (exact) mass is 461 g/mol. The minimum Gasteiger partial charge on any atom is -0.436 e. The Bertz CT molecular complexity index is 2100. The lowest BCUT2D eigenvalue weighted by molar-refractivity contribution is 0.655. The van der Waals surface area contributed by atoms with Crippen LogP contribution in [0.4, 0.5) is 0 Å². The third-order valence-corrected chi connectivity index (χ3v) is 7.00. The molecule has 0 amide bonds. The van der Waals surface area contributed by atoms with Crippen molar-refractivity contribution in [2.75, 3.05) is 0 Å². The van der Waals surface area contributed by atoms with Crippen molar-refractivity contribution in [2.24, 2.45) is 0 Å². The molecule has 0 aliphatic rings. The van der Waals surface area contributed by atoms with E-state index < -0.39 is 0 Å². The summed E-state index contributed by atoms with van der Waals surface area (Å²) in [5.41, 5.74) is 9.67. The van der Waals surface area contributed by atoms with Gasteiger partial charge in [0.15, 0.2) is 0 Å². The van der Waals surface area contributed by atoms with E-state index in [0.717, 1.165) is 33.2 Å². The van der Waals surface area contributed by atoms with Crippen LogP contribution >= 0.6 is 0 Å². The maximum absolute atomic E-state index is 6.09. The molecule has 0 radical (unpaired) electrons. The van der Waals surface area contributed by atoms with Gasteiger partial charge >= 0.3 is 0 Å². The molecule has 168 valence electrons. The van der Waals surface area contributed by atoms with Crippen LogP contribution in [0.5, 0.6) is 0 Å². The summed E-state index contributed by atoms with van der Waals surface area (Å²) in [6, 6.07) is 40.1. The van der Waals surface area contributed by atoms with Gasteiger partial charge in [-0.3, -0.25) is 0 Å². The molecule has 8 rings (SSSR count). The molecule has 0 unspecified atom stereocenters. The summed E-state index contributed by atoms with van der Waals surface area (Å²) >= 11 is 0. The van der Waals surface area contributed by atoms with Crippen LogP contribution in [-0.2, 0) is 0 Å². The fourth-order valence-electron chi connectivity index (χ4n) is 5.33. The lowest BCUT2D eigenvalue weighted by Gasteiger charge is -2.08. The second-order valence-electron chi connectivity index (χ2n) is 9.10. The van der Waals surface area contributed by atoms with Crippen molar-refractivity contribution in [3.63, 3.8) is 0 Å². The van der Waals surface area contributed by atoms with Gasteiger partial charge in [0.2, 0.25) is 5.71 Å². The zero-order chi connectivity index (χ0) is 23.6. The van der Waals surface area contributed by atoms with Crippen molar-refractivity contribution in [3.8, 4) is 16.8 Å². The topological polar surface area (TPSA) is 43.9 Å². The van der Waals surface area contributed by atoms with Crippen molar-refractivity contribution < 1.29 is 4.42 Å². The van der Waals surface area contributed by atoms with E-state index in [2.05, 4.69) is 89.5 Å². The molecular formula is C32H19N3O. The van der Waals surface area contributed by atoms with E-state index in [4.69, 9.17) is 14.4 Å². The zero-order valence-corrected chi connectivity index (χ0v) is 19.2. The molecule has 8 aromatic rings. The molecule has 0 aliphatic heterocycles. The lowest BCUT2D eigenvalue weighted by Crippen LogP contribution is -1.93. The predicted octanol–water partition coefficient (Wildman–Crippen LogP) is 8.29. The number of benzene rings is 5. The molecule has 0 saturated carbocycles. The molecule has 3 aromatic heterocycles. The number of nitrogens with zero attached hydrogens (tertiary/aromatic N) is 3. The number of hydrogen-bond donors (Lipinski definition) is 0. The van der Waals surface area contributed by atoms with Crippen LogP contribution in [0.15, 0.2) is 120 Å². The molecule has 4 heteroatoms. The summed E-state index contributed by atoms with van der Waals surface area (Å²) in [7, 11) is 0. The van der Waals surface area contributed by atoms with E-state index in [0.29, 0.717) is 5.71 Å². The maximum atomic E-state index is 6.09. The highest BCUT2D eigenvalue weighted by atomic mass is 16.3. The lowest BCUT2D eigenvalue weighted by atomic mass is 10.0. The van der Waals surface area contributed by atoms with Crippen LogP contribution in [0.2, 0.25) is 0 Å². The molecule has 0 fully saturated rings. The second-order valence-corrected chi connectivity index (χ2v) is 9.10. The summed E-state index contributed by atoms with van der Waals surface area (Å²) < 4.78 is 8.42. The standard InChI is InChI=1S/C32H19N3O/c1-2-8-20(9-3-1)21-14-16-29-24(18-21)23-10-4-7-13-28(23)35(29)22-15-17-30-25(19-22)31-32(36-30)34-27-12-6-5-11-26(27)33-31/h1-19H. The highest BCUT2D eigenvalue weighted by Crippen LogP contribution is 2.36. The first-order valence-electron chi connectivity index (χ1n) is 12.0. The van der Waals surface area contributed by atoms with Gasteiger partial charge in [-0.25, -0.2) is 9.97 Å². The number of fused-ring (bicyclic) bond motifs is 7. The minimum absolute atomic E-state index is 0.565. The van der Waals surface area contributed by atoms with E-state index in [9.17, 15) is 0 Å². The first-order chi connectivity index (χ1) is 17.8. The number of aromatic nitrogens is 3. The van der Waals surface area contributed by atoms with Crippen LogP contribution in [0.3, 0.4) is 0 Å². The van der Waals surface area contributed by atoms with Gasteiger partial charge in [0.1, 0.15) is 11.1 Å². The number of para-hydroxylation sites is 3. The Morgan fingerprint density at radius 3 is 2.17 bits per heavy atom. The van der Waals surface area contributed by atoms with Gasteiger partial charge in [-0.1, -0.05) is 66.7 Å². The summed E-state index contributed by atoms with van der Waals surface area (Å²) in [5.74, 6) is 0. The average molecular weight is 462 g/mol. The molecule has 0 N–H and O–H groups in total. The fourth-order valence-corrected chi connectivity index (χ4v) is 5.33. The van der Waals surface area contributed by atoms with E-state index in [1.807, 2.05) is 30.3 Å². The molecule has 0 aliphatic carbocycles. The van der Waals surface area contributed by atoms with Gasteiger partial charge < -0.3 is 8.98 Å². The minimum atomic E-state index is 0.565. The Hall–Kier alpha value is -4.96. The average Bonchev–Trinajstić information content (AvgIpc) is 3.46. The normalized spacial score (nSPS) is 11.9. The number of hydrogen-bond acceptors (Lipinski definition) is 3. The Balaban J connectivity index is 1.40. The summed E-state index contributed by atoms with van der Waals surface area (Å²) in [6.07, 6.45) is 0. The third kappa shape index (κ3) is 2.75. The van der Waals surface area contributed by atoms with Crippen LogP contribution in [0.25, 0.3) is 71.9 Å². The molecule has 0 bridgehead atoms. The second kappa shape index (κ2) is 7.27. The fraction of sp³-hybridized carbons (Fsp3) is 0. The Morgan fingerprint density at radius 2 is 1.28 bits per heavy atom. The van der Waals surface area contributed by atoms with E-state index in [1.54, 1.807) is 0 Å². The molecular weight excluding hydrogens is 442 g/mol. The van der Waals surface area contributed by atoms with Gasteiger partial charge in [-0.05, 0) is 59.7 Å². The Kier molecular flexibility index (Phi) is 3.91. The summed E-state index contributed by atoms with van der Waals surface area (Å²) in [6.45, 7) is 0. The van der Waals surface area contributed by atoms with Crippen molar-refractivity contribution in [2.45, 2.75) is 0 Å². The molecule has 3 heterocycles. The molecule has 0 spiro atoms. The van der Waals surface area contributed by atoms with Gasteiger partial charge in [0.25, 0.3) is 0 Å². The van der Waals surface area contributed by atoms with Gasteiger partial charge in [0, 0.05) is 16.5 Å². The zero-order valence-electron chi connectivity index (χ0n) is 19.2. The molecule has 4 nitrogen and oxygen atoms in total. The maximum Gasteiger partial charge on any atom is 0.246 e. The summed E-state index contributed by atoms with van der Waals surface area (Å²) in [4.78, 5) is 9.60. The smallest absolute Gasteiger partial charge is 0.246 e. The van der Waals surface area contributed by atoms with Crippen molar-refractivity contribution in [1.29, 1.82) is 0 Å². The van der Waals surface area contributed by atoms with E-state index in [1.165, 1.54) is 32.9 Å². The summed E-state index contributed by atoms with van der Waals surface area (Å²) in [5, 5.41) is 3.43. The van der Waals surface area contributed by atoms with Crippen LogP contribution in [0, 0.1) is 0 Å². The van der Waals surface area contributed by atoms with Crippen LogP contribution in [-0.4, -0.2) is 14.5 Å². The first kappa shape index (κ1) is 19.4. The molecule has 5 aromatic carbocycles. The third-order valence-electron chi connectivity index (χ3n) is 7.00. The first-order valence-corrected chi connectivity index (χ1v) is 12.0. The van der Waals surface area contributed by atoms with Crippen LogP contribution < -0.4 is 0 Å². The van der Waals surface area contributed by atoms with E-state index in [-0.39, 0.29) is 0 Å². The number of rotatable bonds is 2. The highest BCUT2D eigenvalue weighted by molar-refractivity contribution is 6.11. The molecule has 0 saturated heterocycles. The van der Waals surface area contributed by atoms with Gasteiger partial charge in [0.05, 0.1) is 27.5 Å². The highest BCUT2D eigenvalue weighted by Gasteiger charge is 2.16. The van der Waals surface area contributed by atoms with Gasteiger partial charge in [-0.2, -0.15) is 0 Å². The SMILES string of the molecule is c1ccc(-c2ccc3c(c2)c2ccccc2n3-c2ccc3oc4nc5ccccc5nc4c3c2)cc1. The Labute approximate surface area is 206 Å². The van der Waals surface area contributed by atoms with E-state index >= 15 is 0 Å². The largest absolute Gasteiger partial charge is 0.436 e. The van der Waals surface area contributed by atoms with Crippen molar-refractivity contribution >= 4 is 55.0 Å². The molecule has 36 heavy (non-hydrogen) atoms. The predicted molar refractivity (Wildman–Crippen MR) is 147 cm³/mol.